The predicted molar refractivity (Wildman–Crippen MR) is 133 cm³/mol. The number of anilines is 1. The maximum absolute atomic E-state index is 13.6. The summed E-state index contributed by atoms with van der Waals surface area (Å²) in [5, 5.41) is 0. The standard InChI is InChI=1S/C27H30N2O4S/c1-20-8-7-11-25(16-20)29(19-23-9-5-4-6-10-23)27(30)24-12-14-26(15-13-24)34(31,32)28-17-21(2)33-22(3)18-28/h4-16,21-22H,17-19H2,1-3H3/t21-,22-/m0/s1. The van der Waals surface area contributed by atoms with E-state index in [-0.39, 0.29) is 23.0 Å². The minimum absolute atomic E-state index is 0.166. The van der Waals surface area contributed by atoms with Gasteiger partial charge in [0.05, 0.1) is 23.6 Å². The molecule has 1 amide bonds. The second kappa shape index (κ2) is 10.1. The van der Waals surface area contributed by atoms with Crippen LogP contribution < -0.4 is 4.90 Å². The Hall–Kier alpha value is -3.00. The van der Waals surface area contributed by atoms with Gasteiger partial charge in [0.1, 0.15) is 0 Å². The van der Waals surface area contributed by atoms with Crippen molar-refractivity contribution in [3.05, 3.63) is 95.6 Å². The van der Waals surface area contributed by atoms with Gasteiger partial charge in [0.2, 0.25) is 10.0 Å². The zero-order valence-corrected chi connectivity index (χ0v) is 20.5. The van der Waals surface area contributed by atoms with Crippen LogP contribution in [0.5, 0.6) is 0 Å². The average Bonchev–Trinajstić information content (AvgIpc) is 2.82. The van der Waals surface area contributed by atoms with Crippen LogP contribution in [0.25, 0.3) is 0 Å². The summed E-state index contributed by atoms with van der Waals surface area (Å²) in [6.45, 7) is 6.75. The molecule has 0 aromatic heterocycles. The molecule has 1 heterocycles. The fourth-order valence-electron chi connectivity index (χ4n) is 4.24. The molecule has 0 bridgehead atoms. The SMILES string of the molecule is Cc1cccc(N(Cc2ccccc2)C(=O)c2ccc(S(=O)(=O)N3C[C@H](C)O[C@@H](C)C3)cc2)c1. The topological polar surface area (TPSA) is 66.9 Å². The van der Waals surface area contributed by atoms with E-state index in [2.05, 4.69) is 0 Å². The van der Waals surface area contributed by atoms with Crippen molar-refractivity contribution in [2.24, 2.45) is 0 Å². The van der Waals surface area contributed by atoms with E-state index in [0.717, 1.165) is 16.8 Å². The van der Waals surface area contributed by atoms with E-state index in [1.807, 2.05) is 75.4 Å². The summed E-state index contributed by atoms with van der Waals surface area (Å²) in [5.41, 5.74) is 3.29. The molecule has 0 spiro atoms. The summed E-state index contributed by atoms with van der Waals surface area (Å²) >= 11 is 0. The summed E-state index contributed by atoms with van der Waals surface area (Å²) in [6.07, 6.45) is -0.333. The molecular weight excluding hydrogens is 448 g/mol. The van der Waals surface area contributed by atoms with Crippen molar-refractivity contribution in [2.45, 2.75) is 44.4 Å². The fraction of sp³-hybridized carbons (Fsp3) is 0.296. The second-order valence-corrected chi connectivity index (χ2v) is 10.8. The number of nitrogens with zero attached hydrogens (tertiary/aromatic N) is 2. The van der Waals surface area contributed by atoms with Gasteiger partial charge in [-0.2, -0.15) is 4.31 Å². The number of carbonyl (C=O) groups excluding carboxylic acids is 1. The third-order valence-corrected chi connectivity index (χ3v) is 7.71. The van der Waals surface area contributed by atoms with E-state index in [9.17, 15) is 13.2 Å². The van der Waals surface area contributed by atoms with Gasteiger partial charge in [0.25, 0.3) is 5.91 Å². The van der Waals surface area contributed by atoms with E-state index in [1.54, 1.807) is 17.0 Å². The van der Waals surface area contributed by atoms with E-state index < -0.39 is 10.0 Å². The molecular formula is C27H30N2O4S. The van der Waals surface area contributed by atoms with Gasteiger partial charge in [-0.15, -0.1) is 0 Å². The number of rotatable bonds is 6. The summed E-state index contributed by atoms with van der Waals surface area (Å²) in [6, 6.07) is 23.8. The molecule has 7 heteroatoms. The average molecular weight is 479 g/mol. The summed E-state index contributed by atoms with van der Waals surface area (Å²) in [5.74, 6) is -0.188. The highest BCUT2D eigenvalue weighted by molar-refractivity contribution is 7.89. The lowest BCUT2D eigenvalue weighted by atomic mass is 10.1. The zero-order chi connectivity index (χ0) is 24.3. The van der Waals surface area contributed by atoms with Crippen molar-refractivity contribution in [3.63, 3.8) is 0 Å². The normalized spacial score (nSPS) is 19.0. The third-order valence-electron chi connectivity index (χ3n) is 5.87. The highest BCUT2D eigenvalue weighted by atomic mass is 32.2. The summed E-state index contributed by atoms with van der Waals surface area (Å²) in [4.78, 5) is 15.5. The van der Waals surface area contributed by atoms with Crippen LogP contribution >= 0.6 is 0 Å². The van der Waals surface area contributed by atoms with E-state index >= 15 is 0 Å². The van der Waals surface area contributed by atoms with Gasteiger partial charge in [-0.05, 0) is 68.3 Å². The van der Waals surface area contributed by atoms with Crippen LogP contribution in [0.15, 0.2) is 83.8 Å². The van der Waals surface area contributed by atoms with E-state index in [4.69, 9.17) is 4.74 Å². The first kappa shape index (κ1) is 24.1. The Morgan fingerprint density at radius 1 is 0.941 bits per heavy atom. The molecule has 3 aromatic rings. The van der Waals surface area contributed by atoms with Crippen molar-refractivity contribution >= 4 is 21.6 Å². The highest BCUT2D eigenvalue weighted by Crippen LogP contribution is 2.24. The molecule has 1 aliphatic heterocycles. The Balaban J connectivity index is 1.61. The van der Waals surface area contributed by atoms with Crippen molar-refractivity contribution in [1.82, 2.24) is 4.31 Å². The van der Waals surface area contributed by atoms with E-state index in [0.29, 0.717) is 25.2 Å². The molecule has 4 rings (SSSR count). The Kier molecular flexibility index (Phi) is 7.16. The molecule has 34 heavy (non-hydrogen) atoms. The Labute approximate surface area is 201 Å². The van der Waals surface area contributed by atoms with Gasteiger partial charge in [0, 0.05) is 24.3 Å². The van der Waals surface area contributed by atoms with Crippen molar-refractivity contribution < 1.29 is 17.9 Å². The maximum Gasteiger partial charge on any atom is 0.258 e. The number of hydrogen-bond donors (Lipinski definition) is 0. The molecule has 1 saturated heterocycles. The molecule has 1 aliphatic rings. The van der Waals surface area contributed by atoms with Crippen molar-refractivity contribution in [3.8, 4) is 0 Å². The smallest absolute Gasteiger partial charge is 0.258 e. The number of sulfonamides is 1. The van der Waals surface area contributed by atoms with Crippen LogP contribution in [0.3, 0.4) is 0 Å². The summed E-state index contributed by atoms with van der Waals surface area (Å²) in [7, 11) is -3.67. The van der Waals surface area contributed by atoms with Crippen LogP contribution in [0.4, 0.5) is 5.69 Å². The fourth-order valence-corrected chi connectivity index (χ4v) is 5.83. The number of carbonyl (C=O) groups is 1. The first-order valence-electron chi connectivity index (χ1n) is 11.4. The van der Waals surface area contributed by atoms with Crippen molar-refractivity contribution in [1.29, 1.82) is 0 Å². The predicted octanol–water partition coefficient (Wildman–Crippen LogP) is 4.64. The van der Waals surface area contributed by atoms with Gasteiger partial charge in [-0.25, -0.2) is 8.42 Å². The molecule has 0 unspecified atom stereocenters. The lowest BCUT2D eigenvalue weighted by Crippen LogP contribution is -2.48. The van der Waals surface area contributed by atoms with Gasteiger partial charge < -0.3 is 9.64 Å². The number of amides is 1. The first-order chi connectivity index (χ1) is 16.2. The number of benzene rings is 3. The Bertz CT molecular complexity index is 1230. The number of morpholine rings is 1. The van der Waals surface area contributed by atoms with E-state index in [1.165, 1.54) is 16.4 Å². The molecule has 178 valence electrons. The summed E-state index contributed by atoms with van der Waals surface area (Å²) < 4.78 is 33.5. The molecule has 1 fully saturated rings. The molecule has 0 saturated carbocycles. The number of ether oxygens (including phenoxy) is 1. The second-order valence-electron chi connectivity index (χ2n) is 8.82. The van der Waals surface area contributed by atoms with Gasteiger partial charge in [0.15, 0.2) is 0 Å². The molecule has 0 N–H and O–H groups in total. The van der Waals surface area contributed by atoms with Gasteiger partial charge in [-0.1, -0.05) is 42.5 Å². The van der Waals surface area contributed by atoms with Gasteiger partial charge >= 0.3 is 0 Å². The first-order valence-corrected chi connectivity index (χ1v) is 12.9. The Morgan fingerprint density at radius 2 is 1.59 bits per heavy atom. The zero-order valence-electron chi connectivity index (χ0n) is 19.7. The molecule has 6 nitrogen and oxygen atoms in total. The molecule has 0 aliphatic carbocycles. The molecule has 3 aromatic carbocycles. The lowest BCUT2D eigenvalue weighted by Gasteiger charge is -2.34. The van der Waals surface area contributed by atoms with Crippen molar-refractivity contribution in [2.75, 3.05) is 18.0 Å². The van der Waals surface area contributed by atoms with Crippen LogP contribution in [0.2, 0.25) is 0 Å². The van der Waals surface area contributed by atoms with Crippen LogP contribution in [-0.4, -0.2) is 43.9 Å². The third kappa shape index (κ3) is 5.38. The number of hydrogen-bond acceptors (Lipinski definition) is 4. The monoisotopic (exact) mass is 478 g/mol. The van der Waals surface area contributed by atoms with Crippen LogP contribution in [-0.2, 0) is 21.3 Å². The maximum atomic E-state index is 13.6. The highest BCUT2D eigenvalue weighted by Gasteiger charge is 2.32. The quantitative estimate of drug-likeness (QED) is 0.518. The number of aryl methyl sites for hydroxylation is 1. The van der Waals surface area contributed by atoms with Crippen LogP contribution in [0.1, 0.15) is 35.3 Å². The molecule has 2 atom stereocenters. The largest absolute Gasteiger partial charge is 0.373 e. The lowest BCUT2D eigenvalue weighted by molar-refractivity contribution is -0.0440. The Morgan fingerprint density at radius 3 is 2.21 bits per heavy atom. The van der Waals surface area contributed by atoms with Gasteiger partial charge in [-0.3, -0.25) is 4.79 Å². The minimum Gasteiger partial charge on any atom is -0.373 e. The minimum atomic E-state index is -3.67. The molecule has 0 radical (unpaired) electrons. The van der Waals surface area contributed by atoms with Crippen LogP contribution in [0, 0.1) is 6.92 Å².